The number of hydrogen-bond donors (Lipinski definition) is 1. The maximum Gasteiger partial charge on any atom is 0.253 e. The summed E-state index contributed by atoms with van der Waals surface area (Å²) in [4.78, 5) is 19.7. The maximum atomic E-state index is 13.3. The summed E-state index contributed by atoms with van der Waals surface area (Å²) in [7, 11) is 5.44. The van der Waals surface area contributed by atoms with E-state index in [9.17, 15) is 9.90 Å². The van der Waals surface area contributed by atoms with Crippen molar-refractivity contribution in [1.29, 1.82) is 0 Å². The van der Waals surface area contributed by atoms with Crippen LogP contribution in [0.2, 0.25) is 0 Å². The smallest absolute Gasteiger partial charge is 0.253 e. The van der Waals surface area contributed by atoms with Gasteiger partial charge in [0.15, 0.2) is 5.75 Å². The van der Waals surface area contributed by atoms with Crippen LogP contribution in [0.3, 0.4) is 0 Å². The van der Waals surface area contributed by atoms with Crippen LogP contribution in [0.4, 0.5) is 0 Å². The molecule has 1 atom stereocenters. The zero-order chi connectivity index (χ0) is 25.1. The molecule has 0 aliphatic heterocycles. The first-order valence-electron chi connectivity index (χ1n) is 11.9. The first-order chi connectivity index (χ1) is 16.8. The fourth-order valence-electron chi connectivity index (χ4n) is 4.41. The van der Waals surface area contributed by atoms with Crippen molar-refractivity contribution < 1.29 is 14.6 Å². The quantitative estimate of drug-likeness (QED) is 0.387. The highest BCUT2D eigenvalue weighted by molar-refractivity contribution is 6.01. The van der Waals surface area contributed by atoms with E-state index in [1.165, 1.54) is 0 Å². The maximum absolute atomic E-state index is 13.3. The van der Waals surface area contributed by atoms with Gasteiger partial charge in [-0.2, -0.15) is 0 Å². The third-order valence-corrected chi connectivity index (χ3v) is 6.54. The second-order valence-electron chi connectivity index (χ2n) is 9.20. The molecule has 0 saturated heterocycles. The molecule has 4 aromatic rings. The van der Waals surface area contributed by atoms with Gasteiger partial charge in [0, 0.05) is 32.3 Å². The van der Waals surface area contributed by atoms with Crippen LogP contribution in [0.25, 0.3) is 11.0 Å². The number of fused-ring (bicyclic) bond motifs is 1. The predicted molar refractivity (Wildman–Crippen MR) is 139 cm³/mol. The monoisotopic (exact) mass is 471 g/mol. The summed E-state index contributed by atoms with van der Waals surface area (Å²) in [6, 6.07) is 19.7. The predicted octanol–water partition coefficient (Wildman–Crippen LogP) is 5.14. The normalized spacial score (nSPS) is 12.1. The average Bonchev–Trinajstić information content (AvgIpc) is 3.14. The van der Waals surface area contributed by atoms with Crippen molar-refractivity contribution in [2.45, 2.75) is 39.4 Å². The van der Waals surface area contributed by atoms with Crippen LogP contribution in [0.15, 0.2) is 60.7 Å². The van der Waals surface area contributed by atoms with Gasteiger partial charge in [-0.25, -0.2) is 4.98 Å². The molecule has 1 N–H and O–H groups in total. The van der Waals surface area contributed by atoms with Gasteiger partial charge >= 0.3 is 0 Å². The number of aryl methyl sites for hydroxylation is 3. The van der Waals surface area contributed by atoms with E-state index < -0.39 is 6.10 Å². The number of carbonyl (C=O) groups is 1. The minimum Gasteiger partial charge on any atom is -0.486 e. The molecule has 0 unspecified atom stereocenters. The van der Waals surface area contributed by atoms with Crippen LogP contribution in [0.5, 0.6) is 5.75 Å². The number of benzene rings is 3. The Hall–Kier alpha value is -3.64. The van der Waals surface area contributed by atoms with E-state index in [-0.39, 0.29) is 5.91 Å². The molecule has 0 spiro atoms. The number of carbonyl (C=O) groups excluding carboxylic acids is 1. The van der Waals surface area contributed by atoms with Crippen molar-refractivity contribution in [3.8, 4) is 5.75 Å². The highest BCUT2D eigenvalue weighted by Crippen LogP contribution is 2.36. The van der Waals surface area contributed by atoms with Crippen LogP contribution < -0.4 is 4.74 Å². The van der Waals surface area contributed by atoms with Crippen molar-refractivity contribution in [1.82, 2.24) is 14.5 Å². The van der Waals surface area contributed by atoms with Gasteiger partial charge in [0.25, 0.3) is 5.91 Å². The standard InChI is InChI=1S/C29H33N3O3/c1-19-11-9-10-14-22(19)26(33)16-15-23-24(29(34)31(3)4)17-25-27(30-20(2)32(25)5)28(23)35-18-21-12-7-6-8-13-21/h6-14,17,26,33H,15-16,18H2,1-5H3/t26-/m1/s1. The number of nitrogens with zero attached hydrogens (tertiary/aromatic N) is 3. The molecule has 182 valence electrons. The first-order valence-corrected chi connectivity index (χ1v) is 11.9. The number of hydrogen-bond acceptors (Lipinski definition) is 4. The Balaban J connectivity index is 1.80. The number of aliphatic hydroxyl groups is 1. The summed E-state index contributed by atoms with van der Waals surface area (Å²) in [5.41, 5.74) is 5.90. The summed E-state index contributed by atoms with van der Waals surface area (Å²) in [6.07, 6.45) is 0.277. The second kappa shape index (κ2) is 10.3. The number of ether oxygens (including phenoxy) is 1. The summed E-state index contributed by atoms with van der Waals surface area (Å²) in [5.74, 6) is 1.35. The number of aliphatic hydroxyl groups excluding tert-OH is 1. The molecule has 0 aliphatic carbocycles. The molecule has 1 heterocycles. The lowest BCUT2D eigenvalue weighted by atomic mass is 9.94. The zero-order valence-corrected chi connectivity index (χ0v) is 21.1. The topological polar surface area (TPSA) is 67.6 Å². The number of aromatic nitrogens is 2. The van der Waals surface area contributed by atoms with E-state index in [4.69, 9.17) is 9.72 Å². The van der Waals surface area contributed by atoms with Gasteiger partial charge in [-0.1, -0.05) is 54.6 Å². The van der Waals surface area contributed by atoms with Crippen molar-refractivity contribution >= 4 is 16.9 Å². The fourth-order valence-corrected chi connectivity index (χ4v) is 4.41. The van der Waals surface area contributed by atoms with Gasteiger partial charge in [-0.3, -0.25) is 4.79 Å². The van der Waals surface area contributed by atoms with Gasteiger partial charge in [0.1, 0.15) is 17.9 Å². The van der Waals surface area contributed by atoms with Gasteiger partial charge in [0.05, 0.1) is 11.6 Å². The highest BCUT2D eigenvalue weighted by atomic mass is 16.5. The van der Waals surface area contributed by atoms with E-state index in [0.29, 0.717) is 30.8 Å². The molecule has 3 aromatic carbocycles. The number of amides is 1. The SMILES string of the molecule is Cc1ccccc1[C@H](O)CCc1c(C(=O)N(C)C)cc2c(nc(C)n2C)c1OCc1ccccc1. The Labute approximate surface area is 206 Å². The Bertz CT molecular complexity index is 1340. The summed E-state index contributed by atoms with van der Waals surface area (Å²) < 4.78 is 8.38. The Morgan fingerprint density at radius 2 is 1.77 bits per heavy atom. The summed E-state index contributed by atoms with van der Waals surface area (Å²) >= 11 is 0. The molecule has 0 fully saturated rings. The van der Waals surface area contributed by atoms with Gasteiger partial charge in [0.2, 0.25) is 0 Å². The lowest BCUT2D eigenvalue weighted by molar-refractivity contribution is 0.0825. The van der Waals surface area contributed by atoms with E-state index in [1.54, 1.807) is 19.0 Å². The van der Waals surface area contributed by atoms with Gasteiger partial charge < -0.3 is 19.3 Å². The molecule has 6 heteroatoms. The average molecular weight is 472 g/mol. The van der Waals surface area contributed by atoms with Gasteiger partial charge in [-0.05, 0) is 49.4 Å². The minimum absolute atomic E-state index is 0.101. The summed E-state index contributed by atoms with van der Waals surface area (Å²) in [6.45, 7) is 4.30. The lowest BCUT2D eigenvalue weighted by Crippen LogP contribution is -2.23. The van der Waals surface area contributed by atoms with Crippen LogP contribution in [0, 0.1) is 13.8 Å². The molecule has 6 nitrogen and oxygen atoms in total. The Kier molecular flexibility index (Phi) is 7.22. The van der Waals surface area contributed by atoms with Crippen molar-refractivity contribution in [3.63, 3.8) is 0 Å². The molecule has 0 aliphatic rings. The highest BCUT2D eigenvalue weighted by Gasteiger charge is 2.25. The first kappa shape index (κ1) is 24.5. The molecule has 1 aromatic heterocycles. The molecule has 1 amide bonds. The number of rotatable bonds is 8. The van der Waals surface area contributed by atoms with E-state index >= 15 is 0 Å². The minimum atomic E-state index is -0.651. The van der Waals surface area contributed by atoms with E-state index in [0.717, 1.165) is 39.1 Å². The summed E-state index contributed by atoms with van der Waals surface area (Å²) in [5, 5.41) is 11.0. The number of imidazole rings is 1. The third kappa shape index (κ3) is 5.08. The van der Waals surface area contributed by atoms with Crippen LogP contribution in [-0.4, -0.2) is 39.6 Å². The van der Waals surface area contributed by atoms with E-state index in [1.807, 2.05) is 86.1 Å². The molecule has 0 saturated carbocycles. The molecule has 0 bridgehead atoms. The second-order valence-corrected chi connectivity index (χ2v) is 9.20. The van der Waals surface area contributed by atoms with Crippen molar-refractivity contribution in [3.05, 3.63) is 94.3 Å². The van der Waals surface area contributed by atoms with Crippen molar-refractivity contribution in [2.24, 2.45) is 7.05 Å². The van der Waals surface area contributed by atoms with Crippen LogP contribution >= 0.6 is 0 Å². The van der Waals surface area contributed by atoms with E-state index in [2.05, 4.69) is 0 Å². The van der Waals surface area contributed by atoms with Crippen LogP contribution in [-0.2, 0) is 20.1 Å². The van der Waals surface area contributed by atoms with Crippen LogP contribution in [0.1, 0.15) is 51.0 Å². The molecular weight excluding hydrogens is 438 g/mol. The molecular formula is C29H33N3O3. The zero-order valence-electron chi connectivity index (χ0n) is 21.1. The van der Waals surface area contributed by atoms with Gasteiger partial charge in [-0.15, -0.1) is 0 Å². The fraction of sp³-hybridized carbons (Fsp3) is 0.310. The van der Waals surface area contributed by atoms with Crippen molar-refractivity contribution in [2.75, 3.05) is 14.1 Å². The Morgan fingerprint density at radius 1 is 1.09 bits per heavy atom. The Morgan fingerprint density at radius 3 is 2.46 bits per heavy atom. The third-order valence-electron chi connectivity index (χ3n) is 6.54. The lowest BCUT2D eigenvalue weighted by Gasteiger charge is -2.20. The molecule has 0 radical (unpaired) electrons. The molecule has 4 rings (SSSR count). The molecule has 35 heavy (non-hydrogen) atoms. The largest absolute Gasteiger partial charge is 0.486 e.